The summed E-state index contributed by atoms with van der Waals surface area (Å²) < 4.78 is 5.13. The van der Waals surface area contributed by atoms with Crippen LogP contribution in [0.15, 0.2) is 212 Å². The van der Waals surface area contributed by atoms with Gasteiger partial charge in [0.25, 0.3) is 0 Å². The molecule has 0 spiro atoms. The van der Waals surface area contributed by atoms with E-state index in [1.54, 1.807) is 0 Å². The molecule has 0 aliphatic rings. The van der Waals surface area contributed by atoms with Crippen LogP contribution < -0.4 is 0 Å². The molecule has 2 heteroatoms. The lowest BCUT2D eigenvalue weighted by molar-refractivity contribution is 1.19. The molecule has 0 fully saturated rings. The number of thiophene rings is 1. The summed E-state index contributed by atoms with van der Waals surface area (Å²) in [6, 6.07) is 78.2. The summed E-state index contributed by atoms with van der Waals surface area (Å²) in [6.45, 7) is 0. The topological polar surface area (TPSA) is 4.93 Å². The van der Waals surface area contributed by atoms with Gasteiger partial charge in [-0.3, -0.25) is 0 Å². The Bertz CT molecular complexity index is 3550. The van der Waals surface area contributed by atoms with E-state index in [0.717, 1.165) is 5.69 Å². The number of aromatic nitrogens is 1. The standard InChI is InChI=1S/C56H35NS/c1-3-15-36(16-4-1)38-19-13-20-40(33-38)55-46-24-8-7-23-45(46)54(37-17-5-2-6-18-37)47-31-30-41(35-50(47)55)57-51-27-11-9-21-43(51)49-34-39(29-32-52(49)57)42-25-14-26-48-44-22-10-12-28-53(44)58-56(42)48/h1-35H. The maximum atomic E-state index is 2.47. The van der Waals surface area contributed by atoms with E-state index in [2.05, 4.69) is 217 Å². The van der Waals surface area contributed by atoms with Gasteiger partial charge in [-0.15, -0.1) is 11.3 Å². The van der Waals surface area contributed by atoms with Crippen molar-refractivity contribution in [2.24, 2.45) is 0 Å². The van der Waals surface area contributed by atoms with Crippen LogP contribution >= 0.6 is 11.3 Å². The van der Waals surface area contributed by atoms with Crippen molar-refractivity contribution in [3.05, 3.63) is 212 Å². The van der Waals surface area contributed by atoms with E-state index < -0.39 is 0 Å². The maximum Gasteiger partial charge on any atom is 0.0541 e. The van der Waals surface area contributed by atoms with E-state index in [1.165, 1.54) is 108 Å². The second-order valence-electron chi connectivity index (χ2n) is 15.2. The fraction of sp³-hybridized carbons (Fsp3) is 0. The third-order valence-electron chi connectivity index (χ3n) is 12.0. The molecule has 58 heavy (non-hydrogen) atoms. The van der Waals surface area contributed by atoms with E-state index in [1.807, 2.05) is 11.3 Å². The van der Waals surface area contributed by atoms with Crippen LogP contribution in [0.3, 0.4) is 0 Å². The molecule has 12 aromatic rings. The second kappa shape index (κ2) is 13.2. The maximum absolute atomic E-state index is 2.47. The van der Waals surface area contributed by atoms with E-state index in [9.17, 15) is 0 Å². The first-order chi connectivity index (χ1) is 28.8. The third-order valence-corrected chi connectivity index (χ3v) is 13.2. The zero-order valence-electron chi connectivity index (χ0n) is 31.6. The predicted octanol–water partition coefficient (Wildman–Crippen LogP) is 16.1. The fourth-order valence-corrected chi connectivity index (χ4v) is 10.6. The Morgan fingerprint density at radius 1 is 0.293 bits per heavy atom. The minimum Gasteiger partial charge on any atom is -0.309 e. The van der Waals surface area contributed by atoms with Gasteiger partial charge in [0.05, 0.1) is 11.0 Å². The molecule has 0 unspecified atom stereocenters. The number of para-hydroxylation sites is 1. The number of rotatable bonds is 5. The van der Waals surface area contributed by atoms with Crippen molar-refractivity contribution in [3.8, 4) is 50.2 Å². The van der Waals surface area contributed by atoms with Crippen LogP contribution in [0.1, 0.15) is 0 Å². The Kier molecular flexibility index (Phi) is 7.47. The first kappa shape index (κ1) is 32.9. The molecular weight excluding hydrogens is 719 g/mol. The first-order valence-corrected chi connectivity index (χ1v) is 20.7. The first-order valence-electron chi connectivity index (χ1n) is 19.9. The molecular formula is C56H35NS. The second-order valence-corrected chi connectivity index (χ2v) is 16.3. The molecule has 0 amide bonds. The van der Waals surface area contributed by atoms with E-state index in [0.29, 0.717) is 0 Å². The Balaban J connectivity index is 1.13. The molecule has 270 valence electrons. The van der Waals surface area contributed by atoms with Crippen LogP contribution in [-0.4, -0.2) is 4.57 Å². The highest BCUT2D eigenvalue weighted by molar-refractivity contribution is 7.26. The monoisotopic (exact) mass is 753 g/mol. The number of benzene rings is 10. The van der Waals surface area contributed by atoms with Crippen LogP contribution in [-0.2, 0) is 0 Å². The van der Waals surface area contributed by atoms with Crippen molar-refractivity contribution in [1.29, 1.82) is 0 Å². The normalized spacial score (nSPS) is 11.8. The van der Waals surface area contributed by atoms with Crippen molar-refractivity contribution in [1.82, 2.24) is 4.57 Å². The molecule has 0 N–H and O–H groups in total. The van der Waals surface area contributed by atoms with Gasteiger partial charge in [0.2, 0.25) is 0 Å². The highest BCUT2D eigenvalue weighted by Gasteiger charge is 2.20. The summed E-state index contributed by atoms with van der Waals surface area (Å²) in [5, 5.41) is 10.1. The lowest BCUT2D eigenvalue weighted by atomic mass is 9.85. The number of hydrogen-bond donors (Lipinski definition) is 0. The van der Waals surface area contributed by atoms with Crippen LogP contribution in [0.25, 0.3) is 114 Å². The third kappa shape index (κ3) is 5.09. The Morgan fingerprint density at radius 2 is 0.879 bits per heavy atom. The van der Waals surface area contributed by atoms with Gasteiger partial charge in [-0.2, -0.15) is 0 Å². The van der Waals surface area contributed by atoms with E-state index in [-0.39, 0.29) is 0 Å². The minimum atomic E-state index is 1.15. The van der Waals surface area contributed by atoms with Crippen molar-refractivity contribution >= 4 is 74.9 Å². The molecule has 2 heterocycles. The van der Waals surface area contributed by atoms with Crippen LogP contribution in [0, 0.1) is 0 Å². The molecule has 0 saturated heterocycles. The van der Waals surface area contributed by atoms with Gasteiger partial charge in [0.15, 0.2) is 0 Å². The number of fused-ring (bicyclic) bond motifs is 8. The molecule has 12 rings (SSSR count). The van der Waals surface area contributed by atoms with Crippen molar-refractivity contribution in [3.63, 3.8) is 0 Å². The molecule has 0 atom stereocenters. The van der Waals surface area contributed by atoms with Crippen LogP contribution in [0.5, 0.6) is 0 Å². The minimum absolute atomic E-state index is 1.15. The highest BCUT2D eigenvalue weighted by Crippen LogP contribution is 2.46. The highest BCUT2D eigenvalue weighted by atomic mass is 32.1. The average Bonchev–Trinajstić information content (AvgIpc) is 3.84. The summed E-state index contributed by atoms with van der Waals surface area (Å²) in [7, 11) is 0. The number of hydrogen-bond acceptors (Lipinski definition) is 1. The molecule has 0 saturated carbocycles. The van der Waals surface area contributed by atoms with Gasteiger partial charge in [-0.25, -0.2) is 0 Å². The molecule has 10 aromatic carbocycles. The predicted molar refractivity (Wildman–Crippen MR) is 250 cm³/mol. The summed E-state index contributed by atoms with van der Waals surface area (Å²) in [4.78, 5) is 0. The van der Waals surface area contributed by atoms with Gasteiger partial charge in [-0.05, 0) is 109 Å². The Hall–Kier alpha value is -7.26. The molecule has 0 aliphatic carbocycles. The largest absolute Gasteiger partial charge is 0.309 e. The van der Waals surface area contributed by atoms with Crippen molar-refractivity contribution in [2.75, 3.05) is 0 Å². The van der Waals surface area contributed by atoms with Crippen LogP contribution in [0.2, 0.25) is 0 Å². The molecule has 1 nitrogen and oxygen atoms in total. The Morgan fingerprint density at radius 3 is 1.69 bits per heavy atom. The van der Waals surface area contributed by atoms with Crippen molar-refractivity contribution in [2.45, 2.75) is 0 Å². The zero-order chi connectivity index (χ0) is 38.2. The van der Waals surface area contributed by atoms with Crippen LogP contribution in [0.4, 0.5) is 0 Å². The fourth-order valence-electron chi connectivity index (χ4n) is 9.41. The smallest absolute Gasteiger partial charge is 0.0541 e. The summed E-state index contributed by atoms with van der Waals surface area (Å²) in [5.41, 5.74) is 13.4. The SMILES string of the molecule is c1ccc(-c2cccc(-c3c4ccccc4c(-c4ccccc4)c4ccc(-n5c6ccccc6c6cc(-c7cccc8c7sc7ccccc78)ccc65)cc34)c2)cc1. The van der Waals surface area contributed by atoms with Gasteiger partial charge < -0.3 is 4.57 Å². The van der Waals surface area contributed by atoms with Gasteiger partial charge in [0.1, 0.15) is 0 Å². The molecule has 0 bridgehead atoms. The molecule has 0 radical (unpaired) electrons. The van der Waals surface area contributed by atoms with Crippen molar-refractivity contribution < 1.29 is 0 Å². The van der Waals surface area contributed by atoms with Gasteiger partial charge in [-0.1, -0.05) is 170 Å². The lowest BCUT2D eigenvalue weighted by Gasteiger charge is -2.19. The molecule has 2 aromatic heterocycles. The van der Waals surface area contributed by atoms with E-state index in [4.69, 9.17) is 0 Å². The Labute approximate surface area is 340 Å². The lowest BCUT2D eigenvalue weighted by Crippen LogP contribution is -1.96. The zero-order valence-corrected chi connectivity index (χ0v) is 32.4. The molecule has 0 aliphatic heterocycles. The summed E-state index contributed by atoms with van der Waals surface area (Å²) in [6.07, 6.45) is 0. The quantitative estimate of drug-likeness (QED) is 0.154. The van der Waals surface area contributed by atoms with E-state index >= 15 is 0 Å². The summed E-state index contributed by atoms with van der Waals surface area (Å²) >= 11 is 1.89. The van der Waals surface area contributed by atoms with Gasteiger partial charge in [0, 0.05) is 36.6 Å². The van der Waals surface area contributed by atoms with Gasteiger partial charge >= 0.3 is 0 Å². The summed E-state index contributed by atoms with van der Waals surface area (Å²) in [5.74, 6) is 0. The number of nitrogens with zero attached hydrogens (tertiary/aromatic N) is 1. The average molecular weight is 754 g/mol.